The molecule has 3 heterocycles. The molecule has 1 fully saturated rings. The summed E-state index contributed by atoms with van der Waals surface area (Å²) in [7, 11) is 1.44. The van der Waals surface area contributed by atoms with Crippen LogP contribution in [0.25, 0.3) is 0 Å². The largest absolute Gasteiger partial charge is 0.468 e. The molecule has 40 heavy (non-hydrogen) atoms. The van der Waals surface area contributed by atoms with Crippen molar-refractivity contribution < 1.29 is 19.4 Å². The zero-order valence-electron chi connectivity index (χ0n) is 23.5. The standard InChI is InChI=1S/C32H38ClN3O4/c1-32(2,38)25-8-11-29-24(18-25)17-23(28-5-4-14-34-31(28)40-29)12-15-35-16-13-27(20-35)36(21-30(37)39-3)19-22-6-9-26(33)10-7-22/h4-11,14,18,23,27,38H,12-13,15-17,19-21H2,1-3H3/t23?,27-/m1/s1. The number of hydrogen-bond acceptors (Lipinski definition) is 7. The maximum Gasteiger partial charge on any atom is 0.319 e. The minimum absolute atomic E-state index is 0.223. The molecule has 0 radical (unpaired) electrons. The van der Waals surface area contributed by atoms with E-state index < -0.39 is 5.60 Å². The minimum Gasteiger partial charge on any atom is -0.468 e. The fourth-order valence-corrected chi connectivity index (χ4v) is 5.90. The summed E-state index contributed by atoms with van der Waals surface area (Å²) < 4.78 is 11.3. The second-order valence-corrected chi connectivity index (χ2v) is 11.9. The van der Waals surface area contributed by atoms with Gasteiger partial charge in [-0.15, -0.1) is 0 Å². The van der Waals surface area contributed by atoms with Gasteiger partial charge in [-0.25, -0.2) is 4.98 Å². The van der Waals surface area contributed by atoms with E-state index in [9.17, 15) is 9.90 Å². The van der Waals surface area contributed by atoms with E-state index in [4.69, 9.17) is 21.1 Å². The maximum absolute atomic E-state index is 12.2. The third kappa shape index (κ3) is 6.84. The molecule has 1 unspecified atom stereocenters. The first-order chi connectivity index (χ1) is 19.2. The molecule has 0 saturated carbocycles. The molecular formula is C32H38ClN3O4. The summed E-state index contributed by atoms with van der Waals surface area (Å²) >= 11 is 6.08. The van der Waals surface area contributed by atoms with Crippen molar-refractivity contribution in [1.82, 2.24) is 14.8 Å². The lowest BCUT2D eigenvalue weighted by molar-refractivity contribution is -0.142. The number of aromatic nitrogens is 1. The summed E-state index contributed by atoms with van der Waals surface area (Å²) in [5.41, 5.74) is 3.29. The molecule has 0 spiro atoms. The van der Waals surface area contributed by atoms with Crippen LogP contribution < -0.4 is 4.74 Å². The molecule has 8 heteroatoms. The van der Waals surface area contributed by atoms with Crippen LogP contribution in [0.2, 0.25) is 5.02 Å². The van der Waals surface area contributed by atoms with Crippen molar-refractivity contribution in [2.75, 3.05) is 33.3 Å². The molecule has 2 aliphatic heterocycles. The minimum atomic E-state index is -0.922. The van der Waals surface area contributed by atoms with E-state index in [1.165, 1.54) is 7.11 Å². The lowest BCUT2D eigenvalue weighted by Gasteiger charge is -2.28. The highest BCUT2D eigenvalue weighted by Gasteiger charge is 2.31. The molecule has 5 rings (SSSR count). The average molecular weight is 564 g/mol. The van der Waals surface area contributed by atoms with Crippen LogP contribution in [0.3, 0.4) is 0 Å². The Bertz CT molecular complexity index is 1320. The van der Waals surface area contributed by atoms with Gasteiger partial charge in [0.25, 0.3) is 0 Å². The first-order valence-corrected chi connectivity index (χ1v) is 14.3. The van der Waals surface area contributed by atoms with E-state index in [0.717, 1.165) is 66.9 Å². The third-order valence-corrected chi connectivity index (χ3v) is 8.35. The first-order valence-electron chi connectivity index (χ1n) is 14.0. The number of likely N-dealkylation sites (tertiary alicyclic amines) is 1. The number of halogens is 1. The van der Waals surface area contributed by atoms with Gasteiger partial charge >= 0.3 is 5.97 Å². The number of methoxy groups -OCH3 is 1. The summed E-state index contributed by atoms with van der Waals surface area (Å²) in [6.07, 6.45) is 4.54. The Morgan fingerprint density at radius 3 is 2.77 bits per heavy atom. The van der Waals surface area contributed by atoms with Gasteiger partial charge in [-0.3, -0.25) is 9.69 Å². The van der Waals surface area contributed by atoms with Gasteiger partial charge in [-0.05, 0) is 99.1 Å². The molecule has 0 amide bonds. The lowest BCUT2D eigenvalue weighted by Crippen LogP contribution is -2.41. The second kappa shape index (κ2) is 12.3. The number of hydrogen-bond donors (Lipinski definition) is 1. The van der Waals surface area contributed by atoms with Crippen molar-refractivity contribution in [3.05, 3.63) is 88.1 Å². The fourth-order valence-electron chi connectivity index (χ4n) is 5.78. The van der Waals surface area contributed by atoms with Crippen LogP contribution in [0.15, 0.2) is 60.8 Å². The van der Waals surface area contributed by atoms with Crippen molar-refractivity contribution in [2.24, 2.45) is 0 Å². The smallest absolute Gasteiger partial charge is 0.319 e. The zero-order valence-corrected chi connectivity index (χ0v) is 24.2. The van der Waals surface area contributed by atoms with Crippen LogP contribution >= 0.6 is 11.6 Å². The molecule has 2 atom stereocenters. The number of carbonyl (C=O) groups excluding carboxylic acids is 1. The number of fused-ring (bicyclic) bond motifs is 2. The number of esters is 1. The first kappa shape index (κ1) is 28.6. The van der Waals surface area contributed by atoms with E-state index in [1.807, 2.05) is 42.5 Å². The van der Waals surface area contributed by atoms with Gasteiger partial charge in [0.05, 0.1) is 19.3 Å². The number of ether oxygens (including phenoxy) is 2. The van der Waals surface area contributed by atoms with Gasteiger partial charge in [0.1, 0.15) is 5.75 Å². The predicted molar refractivity (Wildman–Crippen MR) is 156 cm³/mol. The van der Waals surface area contributed by atoms with Crippen molar-refractivity contribution in [2.45, 2.75) is 57.2 Å². The number of pyridine rings is 1. The number of nitrogens with zero attached hydrogens (tertiary/aromatic N) is 3. The molecule has 212 valence electrons. The maximum atomic E-state index is 12.2. The van der Waals surface area contributed by atoms with Crippen molar-refractivity contribution in [3.8, 4) is 11.6 Å². The van der Waals surface area contributed by atoms with Crippen LogP contribution in [-0.2, 0) is 28.1 Å². The fraction of sp³-hybridized carbons (Fsp3) is 0.438. The predicted octanol–water partition coefficient (Wildman–Crippen LogP) is 5.53. The average Bonchev–Trinajstić information content (AvgIpc) is 3.35. The Morgan fingerprint density at radius 2 is 2.02 bits per heavy atom. The number of aliphatic hydroxyl groups is 1. The van der Waals surface area contributed by atoms with Crippen LogP contribution in [0, 0.1) is 0 Å². The molecule has 1 aromatic heterocycles. The summed E-state index contributed by atoms with van der Waals surface area (Å²) in [6.45, 7) is 7.35. The van der Waals surface area contributed by atoms with Crippen LogP contribution in [0.4, 0.5) is 0 Å². The van der Waals surface area contributed by atoms with E-state index in [-0.39, 0.29) is 24.5 Å². The zero-order chi connectivity index (χ0) is 28.3. The monoisotopic (exact) mass is 563 g/mol. The summed E-state index contributed by atoms with van der Waals surface area (Å²) in [6, 6.07) is 18.1. The normalized spacial score (nSPS) is 19.1. The Balaban J connectivity index is 1.28. The Hall–Kier alpha value is -2.97. The van der Waals surface area contributed by atoms with Crippen LogP contribution in [0.5, 0.6) is 11.6 Å². The topological polar surface area (TPSA) is 75.1 Å². The summed E-state index contributed by atoms with van der Waals surface area (Å²) in [5.74, 6) is 1.48. The second-order valence-electron chi connectivity index (χ2n) is 11.4. The van der Waals surface area contributed by atoms with Gasteiger partial charge in [-0.2, -0.15) is 0 Å². The van der Waals surface area contributed by atoms with Crippen molar-refractivity contribution >= 4 is 17.6 Å². The highest BCUT2D eigenvalue weighted by molar-refractivity contribution is 6.30. The van der Waals surface area contributed by atoms with Gasteiger partial charge in [0, 0.05) is 35.9 Å². The number of rotatable bonds is 9. The van der Waals surface area contributed by atoms with Crippen LogP contribution in [0.1, 0.15) is 54.9 Å². The molecule has 2 aliphatic rings. The highest BCUT2D eigenvalue weighted by atomic mass is 35.5. The van der Waals surface area contributed by atoms with Gasteiger partial charge < -0.3 is 19.5 Å². The van der Waals surface area contributed by atoms with Crippen molar-refractivity contribution in [1.29, 1.82) is 0 Å². The highest BCUT2D eigenvalue weighted by Crippen LogP contribution is 2.41. The molecule has 2 aromatic carbocycles. The molecule has 1 N–H and O–H groups in total. The third-order valence-electron chi connectivity index (χ3n) is 8.10. The summed E-state index contributed by atoms with van der Waals surface area (Å²) in [5, 5.41) is 11.3. The number of benzene rings is 2. The van der Waals surface area contributed by atoms with E-state index in [0.29, 0.717) is 17.4 Å². The molecule has 0 aliphatic carbocycles. The van der Waals surface area contributed by atoms with Gasteiger partial charge in [-0.1, -0.05) is 35.9 Å². The Morgan fingerprint density at radius 1 is 1.23 bits per heavy atom. The van der Waals surface area contributed by atoms with E-state index in [1.54, 1.807) is 20.0 Å². The molecule has 7 nitrogen and oxygen atoms in total. The van der Waals surface area contributed by atoms with Crippen LogP contribution in [-0.4, -0.2) is 65.2 Å². The molecular weight excluding hydrogens is 526 g/mol. The van der Waals surface area contributed by atoms with E-state index >= 15 is 0 Å². The van der Waals surface area contributed by atoms with Crippen molar-refractivity contribution in [3.63, 3.8) is 0 Å². The summed E-state index contributed by atoms with van der Waals surface area (Å²) in [4.78, 5) is 21.5. The molecule has 3 aromatic rings. The molecule has 0 bridgehead atoms. The van der Waals surface area contributed by atoms with E-state index in [2.05, 4.69) is 26.9 Å². The molecule has 1 saturated heterocycles. The van der Waals surface area contributed by atoms with Gasteiger partial charge in [0.2, 0.25) is 5.88 Å². The quantitative estimate of drug-likeness (QED) is 0.343. The van der Waals surface area contributed by atoms with Gasteiger partial charge in [0.15, 0.2) is 0 Å². The Kier molecular flexibility index (Phi) is 8.76. The number of carbonyl (C=O) groups is 1. The Labute approximate surface area is 241 Å². The lowest BCUT2D eigenvalue weighted by atomic mass is 9.88. The SMILES string of the molecule is COC(=O)CN(Cc1ccc(Cl)cc1)[C@@H]1CCN(CCC2Cc3cc(C(C)(C)O)ccc3Oc3ncccc32)C1.